The van der Waals surface area contributed by atoms with Crippen molar-refractivity contribution in [3.05, 3.63) is 39.9 Å². The van der Waals surface area contributed by atoms with Gasteiger partial charge in [-0.3, -0.25) is 19.7 Å². The molecule has 224 valence electrons. The average Bonchev–Trinajstić information content (AvgIpc) is 3.28. The van der Waals surface area contributed by atoms with Crippen molar-refractivity contribution < 1.29 is 28.5 Å². The number of esters is 1. The Kier molecular flexibility index (Phi) is 9.95. The zero-order valence-electron chi connectivity index (χ0n) is 24.0. The molecule has 0 bridgehead atoms. The molecule has 3 rings (SSSR count). The first kappa shape index (κ1) is 33.0. The van der Waals surface area contributed by atoms with Crippen molar-refractivity contribution in [1.29, 1.82) is 0 Å². The standard InChI is InChI=1S/C24H33ClN6O7S2Si/c1-14(38-41(7,8)23(3,4)5)24(40-15(2)32)20(34)30(21(24)39-22-26-27-28-29(22)6)18(25)19(33)37-13-16-9-11-17(12-10-16)31(35)36/h9-12,14,18,21H,13H2,1-8H3/t14-,18?,21+,24+/m0/s1. The lowest BCUT2D eigenvalue weighted by Crippen LogP contribution is -2.78. The number of aromatic nitrogens is 4. The fraction of sp³-hybridized carbons (Fsp3) is 0.583. The lowest BCUT2D eigenvalue weighted by atomic mass is 9.91. The van der Waals surface area contributed by atoms with E-state index in [1.807, 2.05) is 13.1 Å². The molecule has 2 heterocycles. The highest BCUT2D eigenvalue weighted by Crippen LogP contribution is 2.55. The number of carbonyl (C=O) groups excluding carboxylic acids is 3. The zero-order chi connectivity index (χ0) is 30.9. The maximum atomic E-state index is 14.0. The van der Waals surface area contributed by atoms with E-state index in [4.69, 9.17) is 20.8 Å². The van der Waals surface area contributed by atoms with Crippen LogP contribution < -0.4 is 0 Å². The summed E-state index contributed by atoms with van der Waals surface area (Å²) in [7, 11) is -0.785. The van der Waals surface area contributed by atoms with Gasteiger partial charge >= 0.3 is 5.97 Å². The number of thioether (sulfide) groups is 2. The van der Waals surface area contributed by atoms with E-state index in [2.05, 4.69) is 36.3 Å². The Bertz CT molecular complexity index is 1320. The lowest BCUT2D eigenvalue weighted by molar-refractivity contribution is -0.384. The van der Waals surface area contributed by atoms with Gasteiger partial charge in [0, 0.05) is 26.1 Å². The molecule has 1 fully saturated rings. The molecule has 1 aliphatic heterocycles. The molecule has 0 radical (unpaired) electrons. The number of ether oxygens (including phenoxy) is 1. The van der Waals surface area contributed by atoms with E-state index in [0.29, 0.717) is 10.7 Å². The van der Waals surface area contributed by atoms with Crippen molar-refractivity contribution >= 4 is 66.1 Å². The number of rotatable bonds is 11. The third-order valence-corrected chi connectivity index (χ3v) is 15.0. The monoisotopic (exact) mass is 644 g/mol. The number of β-lactam (4-membered cyclic amide) rings is 1. The molecule has 17 heteroatoms. The van der Waals surface area contributed by atoms with Gasteiger partial charge in [-0.2, -0.15) is 0 Å². The second kappa shape index (κ2) is 12.4. The van der Waals surface area contributed by atoms with Crippen LogP contribution in [0.25, 0.3) is 0 Å². The quantitative estimate of drug-likeness (QED) is 0.0656. The molecule has 1 aromatic carbocycles. The largest absolute Gasteiger partial charge is 0.458 e. The molecule has 1 aromatic heterocycles. The molecule has 0 N–H and O–H groups in total. The third kappa shape index (κ3) is 6.76. The van der Waals surface area contributed by atoms with Crippen molar-refractivity contribution in [1.82, 2.24) is 25.1 Å². The Balaban J connectivity index is 1.92. The zero-order valence-corrected chi connectivity index (χ0v) is 27.4. The smallest absolute Gasteiger partial charge is 0.345 e. The van der Waals surface area contributed by atoms with Gasteiger partial charge in [0.25, 0.3) is 5.69 Å². The van der Waals surface area contributed by atoms with Crippen molar-refractivity contribution in [3.8, 4) is 0 Å². The van der Waals surface area contributed by atoms with Crippen LogP contribution in [-0.4, -0.2) is 77.1 Å². The van der Waals surface area contributed by atoms with Gasteiger partial charge < -0.3 is 14.1 Å². The first-order chi connectivity index (χ1) is 18.9. The molecule has 13 nitrogen and oxygen atoms in total. The van der Waals surface area contributed by atoms with Gasteiger partial charge in [-0.25, -0.2) is 9.48 Å². The van der Waals surface area contributed by atoms with Gasteiger partial charge in [-0.15, -0.1) is 5.10 Å². The van der Waals surface area contributed by atoms with Gasteiger partial charge in [-0.1, -0.05) is 55.9 Å². The molecular formula is C24H33ClN6O7S2Si. The number of likely N-dealkylation sites (tertiary alicyclic amines) is 1. The van der Waals surface area contributed by atoms with Gasteiger partial charge in [0.05, 0.1) is 11.0 Å². The Labute approximate surface area is 252 Å². The molecule has 1 saturated heterocycles. The predicted octanol–water partition coefficient (Wildman–Crippen LogP) is 4.12. The topological polar surface area (TPSA) is 160 Å². The normalized spacial score (nSPS) is 20.8. The number of aryl methyl sites for hydroxylation is 1. The van der Waals surface area contributed by atoms with Crippen LogP contribution in [-0.2, 0) is 37.2 Å². The first-order valence-electron chi connectivity index (χ1n) is 12.6. The number of tetrazole rings is 1. The van der Waals surface area contributed by atoms with Crippen LogP contribution in [0.1, 0.15) is 40.2 Å². The van der Waals surface area contributed by atoms with E-state index in [-0.39, 0.29) is 22.4 Å². The molecule has 0 aliphatic carbocycles. The van der Waals surface area contributed by atoms with E-state index in [1.165, 1.54) is 35.9 Å². The summed E-state index contributed by atoms with van der Waals surface area (Å²) in [6.45, 7) is 13.2. The Morgan fingerprint density at radius 2 is 1.88 bits per heavy atom. The summed E-state index contributed by atoms with van der Waals surface area (Å²) in [5, 5.41) is 21.4. The number of amides is 1. The summed E-state index contributed by atoms with van der Waals surface area (Å²) in [5.74, 6) is -1.46. The van der Waals surface area contributed by atoms with Crippen LogP contribution in [0.4, 0.5) is 5.69 Å². The number of alkyl halides is 1. The van der Waals surface area contributed by atoms with Crippen molar-refractivity contribution in [2.24, 2.45) is 7.05 Å². The summed E-state index contributed by atoms with van der Waals surface area (Å²) in [6, 6.07) is 5.49. The van der Waals surface area contributed by atoms with E-state index in [9.17, 15) is 24.5 Å². The molecule has 1 amide bonds. The fourth-order valence-electron chi connectivity index (χ4n) is 3.89. The second-order valence-corrected chi connectivity index (χ2v) is 18.7. The summed E-state index contributed by atoms with van der Waals surface area (Å²) < 4.78 is 12.0. The highest BCUT2D eigenvalue weighted by molar-refractivity contribution is 8.16. The molecule has 41 heavy (non-hydrogen) atoms. The highest BCUT2D eigenvalue weighted by atomic mass is 35.5. The Hall–Kier alpha value is -2.53. The highest BCUT2D eigenvalue weighted by Gasteiger charge is 2.69. The minimum atomic E-state index is -2.41. The first-order valence-corrected chi connectivity index (χ1v) is 17.6. The SMILES string of the molecule is CC(=O)S[C@]1([C@H](C)O[Si](C)(C)C(C)(C)C)C(=O)N(C(Cl)C(=O)OCc2ccc([N+](=O)[O-])cc2)[C@@H]1Sc1nnnn1C. The minimum absolute atomic E-state index is 0.104. The van der Waals surface area contributed by atoms with Gasteiger partial charge in [-0.05, 0) is 53.2 Å². The van der Waals surface area contributed by atoms with Crippen LogP contribution in [0.15, 0.2) is 29.4 Å². The number of halogens is 1. The second-order valence-electron chi connectivity index (χ2n) is 11.0. The van der Waals surface area contributed by atoms with Gasteiger partial charge in [0.15, 0.2) is 18.2 Å². The van der Waals surface area contributed by atoms with Crippen LogP contribution in [0, 0.1) is 10.1 Å². The Morgan fingerprint density at radius 1 is 1.27 bits per heavy atom. The maximum Gasteiger partial charge on any atom is 0.345 e. The number of nitro benzene ring substituents is 1. The lowest BCUT2D eigenvalue weighted by Gasteiger charge is -2.58. The molecule has 4 atom stereocenters. The molecule has 0 saturated carbocycles. The number of non-ortho nitro benzene ring substituents is 1. The summed E-state index contributed by atoms with van der Waals surface area (Å²) >= 11 is 8.48. The summed E-state index contributed by atoms with van der Waals surface area (Å²) in [5.41, 5.74) is -1.15. The number of carbonyl (C=O) groups is 3. The average molecular weight is 645 g/mol. The summed E-state index contributed by atoms with van der Waals surface area (Å²) in [6.07, 6.45) is -0.736. The fourth-order valence-corrected chi connectivity index (χ4v) is 8.38. The van der Waals surface area contributed by atoms with Crippen LogP contribution in [0.3, 0.4) is 0 Å². The van der Waals surface area contributed by atoms with Crippen molar-refractivity contribution in [2.45, 2.75) is 86.2 Å². The molecular weight excluding hydrogens is 612 g/mol. The number of nitrogens with zero attached hydrogens (tertiary/aromatic N) is 6. The minimum Gasteiger partial charge on any atom is -0.458 e. The van der Waals surface area contributed by atoms with Crippen LogP contribution >= 0.6 is 35.1 Å². The number of benzene rings is 1. The molecule has 2 aromatic rings. The molecule has 1 unspecified atom stereocenters. The van der Waals surface area contributed by atoms with E-state index >= 15 is 0 Å². The van der Waals surface area contributed by atoms with Crippen LogP contribution in [0.2, 0.25) is 18.1 Å². The van der Waals surface area contributed by atoms with Crippen LogP contribution in [0.5, 0.6) is 0 Å². The number of nitro groups is 1. The Morgan fingerprint density at radius 3 is 2.37 bits per heavy atom. The third-order valence-electron chi connectivity index (χ3n) is 7.15. The van der Waals surface area contributed by atoms with Gasteiger partial charge in [0.1, 0.15) is 12.0 Å². The van der Waals surface area contributed by atoms with E-state index in [0.717, 1.165) is 28.4 Å². The summed E-state index contributed by atoms with van der Waals surface area (Å²) in [4.78, 5) is 51.1. The molecule has 1 aliphatic rings. The number of hydrogen-bond donors (Lipinski definition) is 0. The predicted molar refractivity (Wildman–Crippen MR) is 157 cm³/mol. The molecule has 0 spiro atoms. The number of hydrogen-bond acceptors (Lipinski definition) is 12. The van der Waals surface area contributed by atoms with Gasteiger partial charge in [0.2, 0.25) is 16.6 Å². The van der Waals surface area contributed by atoms with Crippen molar-refractivity contribution in [2.75, 3.05) is 0 Å². The van der Waals surface area contributed by atoms with E-state index in [1.54, 1.807) is 14.0 Å². The van der Waals surface area contributed by atoms with Crippen molar-refractivity contribution in [3.63, 3.8) is 0 Å². The van der Waals surface area contributed by atoms with E-state index < -0.39 is 46.8 Å². The maximum absolute atomic E-state index is 14.0.